The van der Waals surface area contributed by atoms with Gasteiger partial charge in [0.1, 0.15) is 17.2 Å². The van der Waals surface area contributed by atoms with Gasteiger partial charge >= 0.3 is 11.9 Å². The van der Waals surface area contributed by atoms with E-state index < -0.39 is 11.9 Å². The number of nitrogens with zero attached hydrogens (tertiary/aromatic N) is 4. The second-order valence-corrected chi connectivity index (χ2v) is 7.62. The van der Waals surface area contributed by atoms with Crippen LogP contribution in [0.5, 0.6) is 0 Å². The smallest absolute Gasteiger partial charge is 0.328 e. The van der Waals surface area contributed by atoms with E-state index in [1.54, 1.807) is 0 Å². The van der Waals surface area contributed by atoms with Gasteiger partial charge in [0.15, 0.2) is 5.65 Å². The Hall–Kier alpha value is -3.59. The molecule has 0 bridgehead atoms. The molecule has 0 unspecified atom stereocenters. The monoisotopic (exact) mass is 440 g/mol. The molecule has 2 N–H and O–H groups in total. The van der Waals surface area contributed by atoms with Crippen molar-refractivity contribution in [1.29, 1.82) is 0 Å². The van der Waals surface area contributed by atoms with Gasteiger partial charge in [0.05, 0.1) is 6.54 Å². The van der Waals surface area contributed by atoms with Crippen molar-refractivity contribution in [3.05, 3.63) is 72.0 Å². The van der Waals surface area contributed by atoms with Crippen LogP contribution >= 0.6 is 0 Å². The van der Waals surface area contributed by atoms with Crippen molar-refractivity contribution < 1.29 is 24.2 Å². The molecule has 1 aromatic carbocycles. The number of carbonyl (C=O) groups is 2. The van der Waals surface area contributed by atoms with Gasteiger partial charge in [-0.05, 0) is 62.8 Å². The summed E-state index contributed by atoms with van der Waals surface area (Å²) in [5, 5.41) is 15.6. The average molecular weight is 440 g/mol. The molecular formula is C23H25FN4O4. The third-order valence-corrected chi connectivity index (χ3v) is 5.24. The number of hydrogen-bond donors (Lipinski definition) is 2. The maximum absolute atomic E-state index is 13.2. The molecule has 0 atom stereocenters. The fourth-order valence-corrected chi connectivity index (χ4v) is 3.63. The topological polar surface area (TPSA) is 109 Å². The minimum absolute atomic E-state index is 0.206. The minimum atomic E-state index is -1.26. The van der Waals surface area contributed by atoms with Gasteiger partial charge in [0, 0.05) is 24.3 Å². The SMILES string of the molecule is CN1CCC(c2nc3cccnc3n2Cc2ccc(F)cc2)CC1.O=C(O)C=CC(=O)O. The molecule has 3 aromatic rings. The fraction of sp³-hybridized carbons (Fsp3) is 0.304. The number of pyridine rings is 1. The summed E-state index contributed by atoms with van der Waals surface area (Å²) in [5.41, 5.74) is 2.92. The fourth-order valence-electron chi connectivity index (χ4n) is 3.63. The number of benzene rings is 1. The van der Waals surface area contributed by atoms with Crippen LogP contribution in [-0.2, 0) is 16.1 Å². The average Bonchev–Trinajstić information content (AvgIpc) is 3.13. The van der Waals surface area contributed by atoms with Gasteiger partial charge in [-0.1, -0.05) is 12.1 Å². The third-order valence-electron chi connectivity index (χ3n) is 5.24. The highest BCUT2D eigenvalue weighted by atomic mass is 19.1. The summed E-state index contributed by atoms with van der Waals surface area (Å²) in [6, 6.07) is 10.6. The lowest BCUT2D eigenvalue weighted by molar-refractivity contribution is -0.134. The van der Waals surface area contributed by atoms with Gasteiger partial charge in [-0.3, -0.25) is 0 Å². The predicted molar refractivity (Wildman–Crippen MR) is 117 cm³/mol. The van der Waals surface area contributed by atoms with Crippen molar-refractivity contribution in [1.82, 2.24) is 19.4 Å². The first-order chi connectivity index (χ1) is 15.3. The maximum Gasteiger partial charge on any atom is 0.328 e. The van der Waals surface area contributed by atoms with Crippen LogP contribution in [-0.4, -0.2) is 61.7 Å². The lowest BCUT2D eigenvalue weighted by Gasteiger charge is -2.28. The Kier molecular flexibility index (Phi) is 7.67. The van der Waals surface area contributed by atoms with Gasteiger partial charge in [-0.25, -0.2) is 23.9 Å². The molecule has 1 saturated heterocycles. The summed E-state index contributed by atoms with van der Waals surface area (Å²) in [4.78, 5) is 30.9. The zero-order valence-electron chi connectivity index (χ0n) is 17.7. The first-order valence-corrected chi connectivity index (χ1v) is 10.2. The number of hydrogen-bond acceptors (Lipinski definition) is 5. The van der Waals surface area contributed by atoms with E-state index >= 15 is 0 Å². The van der Waals surface area contributed by atoms with Crippen LogP contribution in [0.1, 0.15) is 30.1 Å². The zero-order valence-corrected chi connectivity index (χ0v) is 17.7. The first kappa shape index (κ1) is 23.1. The van der Waals surface area contributed by atoms with Crippen LogP contribution in [0.2, 0.25) is 0 Å². The van der Waals surface area contributed by atoms with Crippen LogP contribution in [0.4, 0.5) is 4.39 Å². The second kappa shape index (κ2) is 10.6. The Morgan fingerprint density at radius 1 is 1.09 bits per heavy atom. The molecule has 32 heavy (non-hydrogen) atoms. The minimum Gasteiger partial charge on any atom is -0.478 e. The molecular weight excluding hydrogens is 415 g/mol. The molecule has 4 rings (SSSR count). The van der Waals surface area contributed by atoms with Gasteiger partial charge in [-0.15, -0.1) is 0 Å². The molecule has 0 aliphatic carbocycles. The number of piperidine rings is 1. The van der Waals surface area contributed by atoms with Crippen LogP contribution in [0.25, 0.3) is 11.2 Å². The van der Waals surface area contributed by atoms with Crippen molar-refractivity contribution in [2.24, 2.45) is 0 Å². The number of carboxylic acids is 2. The van der Waals surface area contributed by atoms with E-state index in [9.17, 15) is 14.0 Å². The van der Waals surface area contributed by atoms with E-state index in [-0.39, 0.29) is 5.82 Å². The number of fused-ring (bicyclic) bond motifs is 1. The third kappa shape index (κ3) is 6.21. The Morgan fingerprint density at radius 2 is 1.72 bits per heavy atom. The number of aliphatic carboxylic acids is 2. The van der Waals surface area contributed by atoms with Crippen molar-refractivity contribution >= 4 is 23.1 Å². The highest BCUT2D eigenvalue weighted by Gasteiger charge is 2.24. The van der Waals surface area contributed by atoms with Crippen LogP contribution in [0, 0.1) is 5.82 Å². The summed E-state index contributed by atoms with van der Waals surface area (Å²) in [7, 11) is 2.17. The van der Waals surface area contributed by atoms with Crippen molar-refractivity contribution in [2.75, 3.05) is 20.1 Å². The lowest BCUT2D eigenvalue weighted by Crippen LogP contribution is -2.30. The van der Waals surface area contributed by atoms with E-state index in [1.165, 1.54) is 12.1 Å². The highest BCUT2D eigenvalue weighted by Crippen LogP contribution is 2.29. The van der Waals surface area contributed by atoms with Gasteiger partial charge < -0.3 is 19.7 Å². The number of carboxylic acid groups (broad SMARTS) is 2. The van der Waals surface area contributed by atoms with Gasteiger partial charge in [-0.2, -0.15) is 0 Å². The Bertz CT molecular complexity index is 1090. The molecule has 0 spiro atoms. The number of aromatic nitrogens is 3. The van der Waals surface area contributed by atoms with Crippen LogP contribution in [0.15, 0.2) is 54.7 Å². The molecule has 0 saturated carbocycles. The number of halogens is 1. The first-order valence-electron chi connectivity index (χ1n) is 10.2. The van der Waals surface area contributed by atoms with Gasteiger partial charge in [0.2, 0.25) is 0 Å². The molecule has 0 radical (unpaired) electrons. The molecule has 1 aliphatic rings. The standard InChI is InChI=1S/C19H21FN4.C4H4O4/c1-23-11-8-15(9-12-23)18-22-17-3-2-10-21-19(17)24(18)13-14-4-6-16(20)7-5-14;5-3(6)1-2-4(7)8/h2-7,10,15H,8-9,11-13H2,1H3;1-2H,(H,5,6)(H,7,8). The van der Waals surface area contributed by atoms with Crippen molar-refractivity contribution in [3.63, 3.8) is 0 Å². The number of rotatable bonds is 5. The van der Waals surface area contributed by atoms with Gasteiger partial charge in [0.25, 0.3) is 0 Å². The summed E-state index contributed by atoms with van der Waals surface area (Å²) in [5.74, 6) is -1.15. The molecule has 3 heterocycles. The Balaban J connectivity index is 0.000000312. The van der Waals surface area contributed by atoms with Crippen molar-refractivity contribution in [2.45, 2.75) is 25.3 Å². The largest absolute Gasteiger partial charge is 0.478 e. The summed E-state index contributed by atoms with van der Waals surface area (Å²) in [6.45, 7) is 2.87. The predicted octanol–water partition coefficient (Wildman–Crippen LogP) is 3.14. The number of likely N-dealkylation sites (tertiary alicyclic amines) is 1. The molecule has 9 heteroatoms. The molecule has 2 aromatic heterocycles. The van der Waals surface area contributed by atoms with E-state index in [4.69, 9.17) is 15.2 Å². The normalized spacial score (nSPS) is 14.9. The highest BCUT2D eigenvalue weighted by molar-refractivity contribution is 5.89. The van der Waals surface area contributed by atoms with E-state index in [1.807, 2.05) is 30.5 Å². The Labute approximate surface area is 184 Å². The lowest BCUT2D eigenvalue weighted by atomic mass is 9.96. The zero-order chi connectivity index (χ0) is 23.1. The summed E-state index contributed by atoms with van der Waals surface area (Å²) >= 11 is 0. The van der Waals surface area contributed by atoms with Crippen LogP contribution < -0.4 is 0 Å². The quantitative estimate of drug-likeness (QED) is 0.587. The Morgan fingerprint density at radius 3 is 2.31 bits per heavy atom. The van der Waals surface area contributed by atoms with Crippen LogP contribution in [0.3, 0.4) is 0 Å². The molecule has 1 aliphatic heterocycles. The number of imidazole rings is 1. The summed E-state index contributed by atoms with van der Waals surface area (Å²) in [6.07, 6.45) is 5.15. The molecule has 1 fully saturated rings. The summed E-state index contributed by atoms with van der Waals surface area (Å²) < 4.78 is 15.4. The molecule has 8 nitrogen and oxygen atoms in total. The van der Waals surface area contributed by atoms with E-state index in [0.717, 1.165) is 48.5 Å². The molecule has 0 amide bonds. The maximum atomic E-state index is 13.2. The molecule has 168 valence electrons. The van der Waals surface area contributed by atoms with Crippen molar-refractivity contribution in [3.8, 4) is 0 Å². The van der Waals surface area contributed by atoms with E-state index in [2.05, 4.69) is 21.5 Å². The van der Waals surface area contributed by atoms with E-state index in [0.29, 0.717) is 24.6 Å². The second-order valence-electron chi connectivity index (χ2n) is 7.62.